The lowest BCUT2D eigenvalue weighted by Crippen LogP contribution is -2.12. The number of nitrogens with zero attached hydrogens (tertiary/aromatic N) is 3. The van der Waals surface area contributed by atoms with Gasteiger partial charge in [-0.3, -0.25) is 0 Å². The second-order valence-corrected chi connectivity index (χ2v) is 6.09. The van der Waals surface area contributed by atoms with E-state index in [4.69, 9.17) is 5.84 Å². The van der Waals surface area contributed by atoms with Gasteiger partial charge in [-0.05, 0) is 23.8 Å². The van der Waals surface area contributed by atoms with Crippen molar-refractivity contribution in [2.24, 2.45) is 0 Å². The number of alkyl halides is 3. The summed E-state index contributed by atoms with van der Waals surface area (Å²) in [5.74, 6) is 5.76. The van der Waals surface area contributed by atoms with E-state index in [-0.39, 0.29) is 22.3 Å². The van der Waals surface area contributed by atoms with E-state index in [0.29, 0.717) is 5.56 Å². The second kappa shape index (κ2) is 6.75. The lowest BCUT2D eigenvalue weighted by molar-refractivity contribution is -0.137. The van der Waals surface area contributed by atoms with E-state index in [0.717, 1.165) is 28.6 Å². The molecule has 1 heterocycles. The molecule has 1 aromatic heterocycles. The average molecular weight is 368 g/mol. The van der Waals surface area contributed by atoms with E-state index in [1.165, 1.54) is 18.2 Å². The zero-order chi connectivity index (χ0) is 18.0. The number of nitrogen functional groups attached to an aromatic ring is 1. The quantitative estimate of drug-likeness (QED) is 0.428. The van der Waals surface area contributed by atoms with Gasteiger partial charge in [0.2, 0.25) is 5.16 Å². The van der Waals surface area contributed by atoms with Crippen LogP contribution in [-0.4, -0.2) is 14.9 Å². The Morgan fingerprint density at radius 1 is 1.04 bits per heavy atom. The van der Waals surface area contributed by atoms with Gasteiger partial charge in [0, 0.05) is 5.75 Å². The molecule has 0 unspecified atom stereocenters. The van der Waals surface area contributed by atoms with Crippen molar-refractivity contribution in [3.05, 3.63) is 65.5 Å². The molecule has 0 aliphatic carbocycles. The maximum atomic E-state index is 13.8. The molecule has 2 N–H and O–H groups in total. The van der Waals surface area contributed by atoms with Crippen molar-refractivity contribution in [2.75, 3.05) is 5.84 Å². The van der Waals surface area contributed by atoms with Crippen LogP contribution in [0, 0.1) is 5.82 Å². The fourth-order valence-corrected chi connectivity index (χ4v) is 2.99. The number of halogens is 4. The summed E-state index contributed by atoms with van der Waals surface area (Å²) in [5.41, 5.74) is -0.0504. The number of aromatic nitrogens is 3. The Labute approximate surface area is 144 Å². The van der Waals surface area contributed by atoms with Crippen LogP contribution >= 0.6 is 11.8 Å². The van der Waals surface area contributed by atoms with Crippen molar-refractivity contribution in [1.29, 1.82) is 0 Å². The highest BCUT2D eigenvalue weighted by Crippen LogP contribution is 2.31. The molecule has 0 saturated carbocycles. The van der Waals surface area contributed by atoms with Crippen LogP contribution in [-0.2, 0) is 11.9 Å². The molecule has 130 valence electrons. The van der Waals surface area contributed by atoms with Gasteiger partial charge in [-0.25, -0.2) is 9.07 Å². The molecule has 9 heteroatoms. The molecule has 0 saturated heterocycles. The Morgan fingerprint density at radius 3 is 2.52 bits per heavy atom. The minimum absolute atomic E-state index is 0.143. The highest BCUT2D eigenvalue weighted by Gasteiger charge is 2.30. The number of nitrogens with two attached hydrogens (primary N) is 1. The zero-order valence-electron chi connectivity index (χ0n) is 12.7. The number of rotatable bonds is 4. The predicted octanol–water partition coefficient (Wildman–Crippen LogP) is 4.11. The monoisotopic (exact) mass is 368 g/mol. The van der Waals surface area contributed by atoms with Crippen LogP contribution in [0.3, 0.4) is 0 Å². The molecular weight excluding hydrogens is 356 g/mol. The van der Waals surface area contributed by atoms with Gasteiger partial charge in [0.25, 0.3) is 0 Å². The Balaban J connectivity index is 1.78. The summed E-state index contributed by atoms with van der Waals surface area (Å²) in [4.78, 5) is 0. The molecule has 3 aromatic rings. The molecule has 4 nitrogen and oxygen atoms in total. The highest BCUT2D eigenvalue weighted by molar-refractivity contribution is 7.98. The SMILES string of the molecule is Nn1c(SCc2cccc(C(F)(F)F)c2)nnc1-c1ccccc1F. The second-order valence-electron chi connectivity index (χ2n) is 5.14. The van der Waals surface area contributed by atoms with Crippen LogP contribution in [0.25, 0.3) is 11.4 Å². The van der Waals surface area contributed by atoms with E-state index >= 15 is 0 Å². The molecule has 3 rings (SSSR count). The first-order valence-corrected chi connectivity index (χ1v) is 8.09. The number of benzene rings is 2. The largest absolute Gasteiger partial charge is 0.416 e. The molecule has 0 radical (unpaired) electrons. The van der Waals surface area contributed by atoms with Crippen LogP contribution < -0.4 is 5.84 Å². The molecule has 25 heavy (non-hydrogen) atoms. The van der Waals surface area contributed by atoms with Gasteiger partial charge in [0.1, 0.15) is 5.82 Å². The minimum Gasteiger partial charge on any atom is -0.335 e. The summed E-state index contributed by atoms with van der Waals surface area (Å²) in [6.07, 6.45) is -4.40. The third-order valence-corrected chi connectivity index (χ3v) is 4.42. The topological polar surface area (TPSA) is 56.7 Å². The first-order chi connectivity index (χ1) is 11.9. The molecule has 0 fully saturated rings. The molecule has 2 aromatic carbocycles. The van der Waals surface area contributed by atoms with Gasteiger partial charge in [-0.1, -0.05) is 42.1 Å². The molecule has 0 amide bonds. The van der Waals surface area contributed by atoms with Gasteiger partial charge in [-0.2, -0.15) is 13.2 Å². The number of thioether (sulfide) groups is 1. The summed E-state index contributed by atoms with van der Waals surface area (Å²) >= 11 is 1.12. The number of hydrogen-bond acceptors (Lipinski definition) is 4. The summed E-state index contributed by atoms with van der Waals surface area (Å²) in [6, 6.07) is 11.0. The molecule has 0 aliphatic rings. The highest BCUT2D eigenvalue weighted by atomic mass is 32.2. The molecular formula is C16H12F4N4S. The van der Waals surface area contributed by atoms with Crippen LogP contribution in [0.4, 0.5) is 17.6 Å². The maximum Gasteiger partial charge on any atom is 0.416 e. The third-order valence-electron chi connectivity index (χ3n) is 3.40. The fourth-order valence-electron chi connectivity index (χ4n) is 2.19. The van der Waals surface area contributed by atoms with Gasteiger partial charge < -0.3 is 5.84 Å². The van der Waals surface area contributed by atoms with Crippen molar-refractivity contribution in [1.82, 2.24) is 14.9 Å². The van der Waals surface area contributed by atoms with Crippen LogP contribution in [0.5, 0.6) is 0 Å². The molecule has 0 aliphatic heterocycles. The summed E-state index contributed by atoms with van der Waals surface area (Å²) in [5, 5.41) is 8.02. The molecule has 0 atom stereocenters. The standard InChI is InChI=1S/C16H12F4N4S/c17-13-7-2-1-6-12(13)14-22-23-15(24(14)21)25-9-10-4-3-5-11(8-10)16(18,19)20/h1-8H,9,21H2. The molecule has 0 bridgehead atoms. The maximum absolute atomic E-state index is 13.8. The van der Waals surface area contributed by atoms with Gasteiger partial charge in [0.15, 0.2) is 5.82 Å². The Bertz CT molecular complexity index is 892. The Kier molecular flexibility index (Phi) is 4.67. The lowest BCUT2D eigenvalue weighted by atomic mass is 10.1. The van der Waals surface area contributed by atoms with Gasteiger partial charge in [-0.15, -0.1) is 10.2 Å². The first-order valence-electron chi connectivity index (χ1n) is 7.10. The third kappa shape index (κ3) is 3.76. The van der Waals surface area contributed by atoms with E-state index in [1.807, 2.05) is 0 Å². The zero-order valence-corrected chi connectivity index (χ0v) is 13.5. The normalized spacial score (nSPS) is 11.7. The Hall–Kier alpha value is -2.55. The van der Waals surface area contributed by atoms with Crippen molar-refractivity contribution >= 4 is 11.8 Å². The van der Waals surface area contributed by atoms with E-state index in [2.05, 4.69) is 10.2 Å². The van der Waals surface area contributed by atoms with Crippen molar-refractivity contribution in [2.45, 2.75) is 17.1 Å². The summed E-state index contributed by atoms with van der Waals surface area (Å²) < 4.78 is 53.1. The van der Waals surface area contributed by atoms with Gasteiger partial charge in [0.05, 0.1) is 11.1 Å². The summed E-state index contributed by atoms with van der Waals surface area (Å²) in [6.45, 7) is 0. The number of hydrogen-bond donors (Lipinski definition) is 1. The van der Waals surface area contributed by atoms with Crippen molar-refractivity contribution in [3.63, 3.8) is 0 Å². The van der Waals surface area contributed by atoms with E-state index < -0.39 is 17.6 Å². The smallest absolute Gasteiger partial charge is 0.335 e. The van der Waals surface area contributed by atoms with Crippen LogP contribution in [0.15, 0.2) is 53.7 Å². The van der Waals surface area contributed by atoms with Crippen molar-refractivity contribution < 1.29 is 17.6 Å². The predicted molar refractivity (Wildman–Crippen MR) is 86.6 cm³/mol. The molecule has 0 spiro atoms. The van der Waals surface area contributed by atoms with Crippen LogP contribution in [0.2, 0.25) is 0 Å². The van der Waals surface area contributed by atoms with Crippen molar-refractivity contribution in [3.8, 4) is 11.4 Å². The first kappa shape index (κ1) is 17.3. The van der Waals surface area contributed by atoms with Crippen LogP contribution in [0.1, 0.15) is 11.1 Å². The minimum atomic E-state index is -4.40. The Morgan fingerprint density at radius 2 is 1.80 bits per heavy atom. The fraction of sp³-hybridized carbons (Fsp3) is 0.125. The van der Waals surface area contributed by atoms with Gasteiger partial charge >= 0.3 is 6.18 Å². The van der Waals surface area contributed by atoms with E-state index in [1.54, 1.807) is 18.2 Å². The average Bonchev–Trinajstić information content (AvgIpc) is 2.94. The van der Waals surface area contributed by atoms with E-state index in [9.17, 15) is 17.6 Å². The summed E-state index contributed by atoms with van der Waals surface area (Å²) in [7, 11) is 0. The lowest BCUT2D eigenvalue weighted by Gasteiger charge is -2.08.